The van der Waals surface area contributed by atoms with E-state index in [0.29, 0.717) is 29.9 Å². The number of aryl methyl sites for hydroxylation is 1. The first-order valence-electron chi connectivity index (χ1n) is 11.0. The van der Waals surface area contributed by atoms with Gasteiger partial charge in [0.05, 0.1) is 14.2 Å². The number of nitrogens with zero attached hydrogens (tertiary/aromatic N) is 1. The van der Waals surface area contributed by atoms with Crippen molar-refractivity contribution in [1.29, 1.82) is 0 Å². The van der Waals surface area contributed by atoms with Gasteiger partial charge in [-0.05, 0) is 47.7 Å². The molecule has 0 spiro atoms. The minimum atomic E-state index is -4.49. The average molecular weight is 488 g/mol. The van der Waals surface area contributed by atoms with Crippen molar-refractivity contribution >= 4 is 5.91 Å². The van der Waals surface area contributed by atoms with E-state index < -0.39 is 17.9 Å². The summed E-state index contributed by atoms with van der Waals surface area (Å²) in [6.07, 6.45) is -2.32. The molecule has 2 atom stereocenters. The Kier molecular flexibility index (Phi) is 8.70. The van der Waals surface area contributed by atoms with Crippen LogP contribution in [0.2, 0.25) is 0 Å². The predicted octanol–water partition coefficient (Wildman–Crippen LogP) is 4.87. The monoisotopic (exact) mass is 487 g/mol. The van der Waals surface area contributed by atoms with E-state index in [-0.39, 0.29) is 11.9 Å². The van der Waals surface area contributed by atoms with Gasteiger partial charge in [-0.25, -0.2) is 0 Å². The van der Waals surface area contributed by atoms with Gasteiger partial charge in [-0.15, -0.1) is 0 Å². The number of ether oxygens (including phenoxy) is 2. The van der Waals surface area contributed by atoms with Crippen LogP contribution in [0.25, 0.3) is 0 Å². The minimum Gasteiger partial charge on any atom is -0.493 e. The molecular formula is C26H28F3N3O3. The van der Waals surface area contributed by atoms with Crippen molar-refractivity contribution in [2.75, 3.05) is 21.3 Å². The number of amides is 1. The highest BCUT2D eigenvalue weighted by Crippen LogP contribution is 2.33. The van der Waals surface area contributed by atoms with Crippen molar-refractivity contribution in [3.8, 4) is 11.5 Å². The molecule has 0 radical (unpaired) electrons. The molecule has 0 aliphatic carbocycles. The Morgan fingerprint density at radius 2 is 1.69 bits per heavy atom. The Labute approximate surface area is 202 Å². The summed E-state index contributed by atoms with van der Waals surface area (Å²) in [5.74, 6) is 0.884. The van der Waals surface area contributed by atoms with Crippen molar-refractivity contribution in [3.63, 3.8) is 0 Å². The van der Waals surface area contributed by atoms with Crippen LogP contribution in [-0.2, 0) is 17.4 Å². The molecule has 35 heavy (non-hydrogen) atoms. The second-order valence-corrected chi connectivity index (χ2v) is 7.88. The first-order chi connectivity index (χ1) is 16.8. The van der Waals surface area contributed by atoms with Gasteiger partial charge in [0.2, 0.25) is 5.91 Å². The molecule has 3 aromatic rings. The topological polar surface area (TPSA) is 72.5 Å². The zero-order chi connectivity index (χ0) is 25.4. The number of methoxy groups -OCH3 is 2. The third kappa shape index (κ3) is 6.73. The largest absolute Gasteiger partial charge is 0.493 e. The third-order valence-electron chi connectivity index (χ3n) is 5.66. The lowest BCUT2D eigenvalue weighted by Gasteiger charge is -2.26. The van der Waals surface area contributed by atoms with Crippen LogP contribution in [0.4, 0.5) is 13.2 Å². The molecule has 0 aliphatic rings. The van der Waals surface area contributed by atoms with Crippen molar-refractivity contribution < 1.29 is 27.4 Å². The number of halogens is 3. The van der Waals surface area contributed by atoms with Gasteiger partial charge in [0, 0.05) is 19.3 Å². The lowest BCUT2D eigenvalue weighted by molar-refractivity contribution is -0.141. The number of carbonyl (C=O) groups excluding carboxylic acids is 1. The van der Waals surface area contributed by atoms with Gasteiger partial charge in [0.1, 0.15) is 11.7 Å². The van der Waals surface area contributed by atoms with Crippen LogP contribution in [0, 0.1) is 0 Å². The molecule has 186 valence electrons. The van der Waals surface area contributed by atoms with Crippen LogP contribution in [0.15, 0.2) is 66.9 Å². The Morgan fingerprint density at radius 3 is 2.26 bits per heavy atom. The number of hydrogen-bond donors (Lipinski definition) is 2. The maximum atomic E-state index is 12.9. The summed E-state index contributed by atoms with van der Waals surface area (Å²) in [6, 6.07) is 16.2. The summed E-state index contributed by atoms with van der Waals surface area (Å²) in [5.41, 5.74) is 1.35. The molecule has 0 fully saturated rings. The number of hydrogen-bond acceptors (Lipinski definition) is 5. The second kappa shape index (κ2) is 11.7. The maximum Gasteiger partial charge on any atom is 0.433 e. The van der Waals surface area contributed by atoms with Gasteiger partial charge in [-0.1, -0.05) is 42.5 Å². The fourth-order valence-corrected chi connectivity index (χ4v) is 3.78. The molecule has 2 aromatic carbocycles. The van der Waals surface area contributed by atoms with Crippen molar-refractivity contribution in [2.24, 2.45) is 0 Å². The van der Waals surface area contributed by atoms with Gasteiger partial charge in [-0.3, -0.25) is 15.1 Å². The summed E-state index contributed by atoms with van der Waals surface area (Å²) in [4.78, 5) is 16.3. The number of carbonyl (C=O) groups is 1. The first kappa shape index (κ1) is 26.0. The van der Waals surface area contributed by atoms with Crippen molar-refractivity contribution in [2.45, 2.75) is 31.1 Å². The van der Waals surface area contributed by atoms with Crippen molar-refractivity contribution in [1.82, 2.24) is 15.6 Å². The van der Waals surface area contributed by atoms with E-state index in [1.54, 1.807) is 20.2 Å². The average Bonchev–Trinajstić information content (AvgIpc) is 2.88. The molecule has 1 aromatic heterocycles. The molecule has 3 rings (SSSR count). The molecule has 1 unspecified atom stereocenters. The number of aromatic nitrogens is 1. The van der Waals surface area contributed by atoms with E-state index >= 15 is 0 Å². The van der Waals surface area contributed by atoms with E-state index in [9.17, 15) is 18.0 Å². The van der Waals surface area contributed by atoms with Gasteiger partial charge >= 0.3 is 6.18 Å². The lowest BCUT2D eigenvalue weighted by atomic mass is 9.96. The molecule has 6 nitrogen and oxygen atoms in total. The van der Waals surface area contributed by atoms with Crippen LogP contribution in [0.3, 0.4) is 0 Å². The first-order valence-corrected chi connectivity index (χ1v) is 11.0. The van der Waals surface area contributed by atoms with Crippen LogP contribution < -0.4 is 20.1 Å². The zero-order valence-corrected chi connectivity index (χ0v) is 19.7. The zero-order valence-electron chi connectivity index (χ0n) is 19.7. The van der Waals surface area contributed by atoms with Gasteiger partial charge in [0.25, 0.3) is 0 Å². The molecule has 0 aliphatic heterocycles. The molecular weight excluding hydrogens is 459 g/mol. The van der Waals surface area contributed by atoms with Crippen LogP contribution in [-0.4, -0.2) is 32.2 Å². The number of nitrogens with one attached hydrogen (secondary N) is 2. The Morgan fingerprint density at radius 1 is 0.971 bits per heavy atom. The Bertz CT molecular complexity index is 1110. The van der Waals surface area contributed by atoms with E-state index in [4.69, 9.17) is 9.47 Å². The fraction of sp³-hybridized carbons (Fsp3) is 0.308. The lowest BCUT2D eigenvalue weighted by Crippen LogP contribution is -2.38. The predicted molar refractivity (Wildman–Crippen MR) is 126 cm³/mol. The van der Waals surface area contributed by atoms with Gasteiger partial charge in [0.15, 0.2) is 11.5 Å². The smallest absolute Gasteiger partial charge is 0.433 e. The summed E-state index contributed by atoms with van der Waals surface area (Å²) in [5, 5.41) is 6.12. The number of likely N-dealkylation sites (N-methyl/N-ethyl adjacent to an activating group) is 1. The quantitative estimate of drug-likeness (QED) is 0.427. The van der Waals surface area contributed by atoms with Gasteiger partial charge in [-0.2, -0.15) is 13.2 Å². The molecule has 0 saturated heterocycles. The van der Waals surface area contributed by atoms with E-state index in [0.717, 1.165) is 17.2 Å². The fourth-order valence-electron chi connectivity index (χ4n) is 3.78. The van der Waals surface area contributed by atoms with Crippen molar-refractivity contribution in [3.05, 3.63) is 89.2 Å². The van der Waals surface area contributed by atoms with Crippen LogP contribution in [0.5, 0.6) is 11.5 Å². The SMILES string of the molecule is CNC(=O)C(N[C@@H](CCc1ccc(C(F)(F)F)nc1)c1ccc(OC)c(OC)c1)c1ccccc1. The number of alkyl halides is 3. The number of rotatable bonds is 10. The summed E-state index contributed by atoms with van der Waals surface area (Å²) >= 11 is 0. The number of benzene rings is 2. The van der Waals surface area contributed by atoms with Crippen LogP contribution >= 0.6 is 0 Å². The van der Waals surface area contributed by atoms with E-state index in [1.807, 2.05) is 42.5 Å². The summed E-state index contributed by atoms with van der Waals surface area (Å²) < 4.78 is 49.4. The Balaban J connectivity index is 1.91. The molecule has 9 heteroatoms. The Hall–Kier alpha value is -3.59. The highest BCUT2D eigenvalue weighted by Gasteiger charge is 2.32. The third-order valence-corrected chi connectivity index (χ3v) is 5.66. The maximum absolute atomic E-state index is 12.9. The molecule has 1 heterocycles. The van der Waals surface area contributed by atoms with E-state index in [2.05, 4.69) is 15.6 Å². The second-order valence-electron chi connectivity index (χ2n) is 7.88. The highest BCUT2D eigenvalue weighted by molar-refractivity contribution is 5.83. The highest BCUT2D eigenvalue weighted by atomic mass is 19.4. The molecule has 0 bridgehead atoms. The summed E-state index contributed by atoms with van der Waals surface area (Å²) in [6.45, 7) is 0. The molecule has 2 N–H and O–H groups in total. The van der Waals surface area contributed by atoms with E-state index in [1.165, 1.54) is 19.4 Å². The molecule has 1 amide bonds. The standard InChI is InChI=1S/C26H28F3N3O3/c1-30-25(33)24(18-7-5-4-6-8-18)32-20(19-11-13-21(34-2)22(15-19)35-3)12-9-17-10-14-23(31-16-17)26(27,28)29/h4-8,10-11,13-16,20,24,32H,9,12H2,1-3H3,(H,30,33)/t20-,24?/m0/s1. The summed E-state index contributed by atoms with van der Waals surface area (Å²) in [7, 11) is 4.65. The van der Waals surface area contributed by atoms with Gasteiger partial charge < -0.3 is 14.8 Å². The normalized spacial score (nSPS) is 13.1. The minimum absolute atomic E-state index is 0.210. The molecule has 0 saturated carbocycles. The van der Waals surface area contributed by atoms with Crippen LogP contribution in [0.1, 0.15) is 40.9 Å². The number of pyridine rings is 1.